The zero-order chi connectivity index (χ0) is 17.3. The van der Waals surface area contributed by atoms with Crippen molar-refractivity contribution in [1.82, 2.24) is 4.90 Å². The minimum Gasteiger partial charge on any atom is -0.480 e. The average molecular weight is 379 g/mol. The molecule has 0 aliphatic carbocycles. The number of allylic oxidation sites excluding steroid dienone is 2. The maximum absolute atomic E-state index is 12.2. The van der Waals surface area contributed by atoms with E-state index in [9.17, 15) is 9.59 Å². The lowest BCUT2D eigenvalue weighted by Gasteiger charge is -2.17. The largest absolute Gasteiger partial charge is 0.480 e. The van der Waals surface area contributed by atoms with Gasteiger partial charge in [-0.3, -0.25) is 14.5 Å². The van der Waals surface area contributed by atoms with Gasteiger partial charge in [-0.25, -0.2) is 0 Å². The molecule has 0 unspecified atom stereocenters. The van der Waals surface area contributed by atoms with E-state index in [1.54, 1.807) is 22.0 Å². The molecule has 1 amide bonds. The molecule has 2 aliphatic rings. The summed E-state index contributed by atoms with van der Waals surface area (Å²) < 4.78 is 0.553. The highest BCUT2D eigenvalue weighted by atomic mass is 32.2. The zero-order valence-corrected chi connectivity index (χ0v) is 15.2. The fourth-order valence-electron chi connectivity index (χ4n) is 2.41. The topological polar surface area (TPSA) is 60.9 Å². The number of amides is 1. The van der Waals surface area contributed by atoms with Crippen molar-refractivity contribution >= 4 is 57.6 Å². The number of carbonyl (C=O) groups is 2. The molecule has 1 aromatic rings. The smallest absolute Gasteiger partial charge is 0.323 e. The van der Waals surface area contributed by atoms with Crippen molar-refractivity contribution in [2.75, 3.05) is 18.0 Å². The molecule has 8 heteroatoms. The fraction of sp³-hybridized carbons (Fsp3) is 0.188. The summed E-state index contributed by atoms with van der Waals surface area (Å²) in [5, 5.41) is 9.94. The number of para-hydroxylation sites is 1. The molecule has 1 aromatic carbocycles. The molecule has 124 valence electrons. The van der Waals surface area contributed by atoms with E-state index in [0.717, 1.165) is 15.6 Å². The van der Waals surface area contributed by atoms with Crippen LogP contribution in [0, 0.1) is 0 Å². The van der Waals surface area contributed by atoms with Gasteiger partial charge < -0.3 is 10.0 Å². The maximum atomic E-state index is 12.2. The quantitative estimate of drug-likeness (QED) is 0.637. The van der Waals surface area contributed by atoms with Crippen molar-refractivity contribution in [2.45, 2.75) is 11.8 Å². The van der Waals surface area contributed by atoms with Crippen molar-refractivity contribution < 1.29 is 14.7 Å². The third-order valence-electron chi connectivity index (χ3n) is 3.50. The van der Waals surface area contributed by atoms with Gasteiger partial charge in [0.25, 0.3) is 5.91 Å². The van der Waals surface area contributed by atoms with Crippen LogP contribution in [0.2, 0.25) is 0 Å². The first-order chi connectivity index (χ1) is 11.5. The Hall–Kier alpha value is -1.77. The number of fused-ring (bicyclic) bond motifs is 1. The van der Waals surface area contributed by atoms with E-state index < -0.39 is 5.97 Å². The lowest BCUT2D eigenvalue weighted by Crippen LogP contribution is -2.27. The summed E-state index contributed by atoms with van der Waals surface area (Å²) in [4.78, 5) is 28.3. The van der Waals surface area contributed by atoms with Gasteiger partial charge in [0.1, 0.15) is 10.9 Å². The number of rotatable bonds is 4. The van der Waals surface area contributed by atoms with Gasteiger partial charge in [-0.15, -0.1) is 0 Å². The molecule has 0 bridgehead atoms. The molecule has 2 heterocycles. The van der Waals surface area contributed by atoms with Gasteiger partial charge in [-0.05, 0) is 31.2 Å². The summed E-state index contributed by atoms with van der Waals surface area (Å²) in [7, 11) is 0. The Morgan fingerprint density at radius 3 is 2.67 bits per heavy atom. The van der Waals surface area contributed by atoms with Crippen LogP contribution in [0.25, 0.3) is 0 Å². The lowest BCUT2D eigenvalue weighted by molar-refractivity contribution is -0.135. The summed E-state index contributed by atoms with van der Waals surface area (Å²) in [5.74, 6) is -1.01. The Bertz CT molecular complexity index is 789. The molecule has 3 rings (SSSR count). The molecular weight excluding hydrogens is 364 g/mol. The average Bonchev–Trinajstić information content (AvgIpc) is 3.02. The van der Waals surface area contributed by atoms with Gasteiger partial charge in [0.15, 0.2) is 0 Å². The molecule has 1 saturated heterocycles. The van der Waals surface area contributed by atoms with Crippen molar-refractivity contribution in [2.24, 2.45) is 0 Å². The first-order valence-corrected chi connectivity index (χ1v) is 9.27. The number of carboxylic acids is 1. The molecule has 5 nitrogen and oxygen atoms in total. The van der Waals surface area contributed by atoms with Crippen molar-refractivity contribution in [1.29, 1.82) is 0 Å². The highest BCUT2D eigenvalue weighted by Gasteiger charge is 2.31. The lowest BCUT2D eigenvalue weighted by atomic mass is 10.3. The summed E-state index contributed by atoms with van der Waals surface area (Å²) in [6, 6.07) is 7.64. The van der Waals surface area contributed by atoms with E-state index in [-0.39, 0.29) is 12.5 Å². The second-order valence-electron chi connectivity index (χ2n) is 5.00. The number of carboxylic acid groups (broad SMARTS) is 1. The molecule has 2 aliphatic heterocycles. The number of carbonyl (C=O) groups excluding carboxylic acids is 1. The van der Waals surface area contributed by atoms with E-state index in [0.29, 0.717) is 15.8 Å². The van der Waals surface area contributed by atoms with Crippen LogP contribution in [0.5, 0.6) is 0 Å². The van der Waals surface area contributed by atoms with Crippen LogP contribution in [0.15, 0.2) is 51.2 Å². The predicted octanol–water partition coefficient (Wildman–Crippen LogP) is 3.29. The number of thiocarbonyl (C=S) groups is 1. The number of hydrogen-bond donors (Lipinski definition) is 1. The number of aliphatic carboxylic acids is 1. The Morgan fingerprint density at radius 2 is 2.00 bits per heavy atom. The highest BCUT2D eigenvalue weighted by Crippen LogP contribution is 2.45. The van der Waals surface area contributed by atoms with E-state index >= 15 is 0 Å². The normalized spacial score (nSPS) is 20.4. The van der Waals surface area contributed by atoms with Gasteiger partial charge in [-0.2, -0.15) is 0 Å². The van der Waals surface area contributed by atoms with Crippen molar-refractivity contribution in [3.05, 3.63) is 46.4 Å². The Kier molecular flexibility index (Phi) is 4.98. The second-order valence-corrected chi connectivity index (χ2v) is 7.74. The van der Waals surface area contributed by atoms with Crippen LogP contribution in [0.1, 0.15) is 6.92 Å². The standard InChI is InChI=1S/C16H14N2O3S3/c1-2-17-15(21)12(24-16(17)22)7-8-13-18(9-14(19)20)10-5-3-4-6-11(10)23-13/h3-8H,2,9H2,1H3,(H,19,20)/b12-7-,13-8-. The Labute approximate surface area is 153 Å². The molecule has 0 atom stereocenters. The molecule has 0 aromatic heterocycles. The van der Waals surface area contributed by atoms with Crippen LogP contribution >= 0.6 is 35.7 Å². The Balaban J connectivity index is 1.90. The van der Waals surface area contributed by atoms with Crippen LogP contribution in [0.3, 0.4) is 0 Å². The summed E-state index contributed by atoms with van der Waals surface area (Å²) in [5.41, 5.74) is 0.866. The second kappa shape index (κ2) is 7.00. The minimum absolute atomic E-state index is 0.102. The van der Waals surface area contributed by atoms with Crippen LogP contribution in [-0.2, 0) is 9.59 Å². The van der Waals surface area contributed by atoms with E-state index in [4.69, 9.17) is 17.3 Å². The fourth-order valence-corrected chi connectivity index (χ4v) is 4.80. The molecule has 0 spiro atoms. The third kappa shape index (κ3) is 3.22. The molecule has 0 saturated carbocycles. The van der Waals surface area contributed by atoms with Gasteiger partial charge in [-0.1, -0.05) is 47.9 Å². The number of thioether (sulfide) groups is 2. The van der Waals surface area contributed by atoms with Crippen LogP contribution in [-0.4, -0.2) is 39.3 Å². The maximum Gasteiger partial charge on any atom is 0.323 e. The summed E-state index contributed by atoms with van der Waals surface area (Å²) >= 11 is 7.95. The summed E-state index contributed by atoms with van der Waals surface area (Å²) in [6.07, 6.45) is 3.51. The van der Waals surface area contributed by atoms with E-state index in [2.05, 4.69) is 0 Å². The van der Waals surface area contributed by atoms with Crippen LogP contribution < -0.4 is 4.90 Å². The number of likely N-dealkylation sites (N-methyl/N-ethyl adjacent to an activating group) is 1. The number of benzene rings is 1. The number of hydrogen-bond acceptors (Lipinski definition) is 6. The molecule has 1 N–H and O–H groups in total. The third-order valence-corrected chi connectivity index (χ3v) is 6.02. The number of nitrogens with zero attached hydrogens (tertiary/aromatic N) is 2. The summed E-state index contributed by atoms with van der Waals surface area (Å²) in [6.45, 7) is 2.30. The first-order valence-electron chi connectivity index (χ1n) is 7.23. The van der Waals surface area contributed by atoms with Crippen LogP contribution in [0.4, 0.5) is 5.69 Å². The molecule has 0 radical (unpaired) electrons. The van der Waals surface area contributed by atoms with E-state index in [1.165, 1.54) is 23.5 Å². The highest BCUT2D eigenvalue weighted by molar-refractivity contribution is 8.26. The van der Waals surface area contributed by atoms with E-state index in [1.807, 2.05) is 31.2 Å². The van der Waals surface area contributed by atoms with Crippen molar-refractivity contribution in [3.63, 3.8) is 0 Å². The van der Waals surface area contributed by atoms with Gasteiger partial charge in [0, 0.05) is 11.4 Å². The molecule has 1 fully saturated rings. The molecular formula is C16H14N2O3S3. The predicted molar refractivity (Wildman–Crippen MR) is 101 cm³/mol. The SMILES string of the molecule is CCN1C(=O)/C(=C/C=C2\Sc3ccccc3N2CC(=O)O)SC1=S. The van der Waals surface area contributed by atoms with Crippen molar-refractivity contribution in [3.8, 4) is 0 Å². The molecule has 24 heavy (non-hydrogen) atoms. The Morgan fingerprint density at radius 1 is 1.25 bits per heavy atom. The first kappa shape index (κ1) is 17.1. The minimum atomic E-state index is -0.907. The van der Waals surface area contributed by atoms with Gasteiger partial charge >= 0.3 is 5.97 Å². The van der Waals surface area contributed by atoms with Gasteiger partial charge in [0.2, 0.25) is 0 Å². The zero-order valence-electron chi connectivity index (χ0n) is 12.8. The monoisotopic (exact) mass is 378 g/mol. The van der Waals surface area contributed by atoms with Gasteiger partial charge in [0.05, 0.1) is 15.6 Å². The number of anilines is 1.